The van der Waals surface area contributed by atoms with E-state index in [1.165, 1.54) is 0 Å². The summed E-state index contributed by atoms with van der Waals surface area (Å²) in [5.74, 6) is -0.0210. The highest BCUT2D eigenvalue weighted by Gasteiger charge is 2.14. The maximum absolute atomic E-state index is 11.9. The number of hydrogen-bond donors (Lipinski definition) is 2. The van der Waals surface area contributed by atoms with Crippen LogP contribution in [0.2, 0.25) is 0 Å². The number of nitrogens with two attached hydrogens (primary N) is 1. The van der Waals surface area contributed by atoms with E-state index in [4.69, 9.17) is 5.73 Å². The van der Waals surface area contributed by atoms with Gasteiger partial charge >= 0.3 is 0 Å². The molecular weight excluding hydrogens is 230 g/mol. The zero-order chi connectivity index (χ0) is 13.8. The fourth-order valence-corrected chi connectivity index (χ4v) is 1.73. The summed E-state index contributed by atoms with van der Waals surface area (Å²) in [5.41, 5.74) is 5.40. The summed E-state index contributed by atoms with van der Waals surface area (Å²) in [6.07, 6.45) is 4.53. The van der Waals surface area contributed by atoms with Crippen molar-refractivity contribution in [2.24, 2.45) is 5.73 Å². The molecule has 3 N–H and O–H groups in total. The van der Waals surface area contributed by atoms with E-state index >= 15 is 0 Å². The first kappa shape index (κ1) is 16.9. The van der Waals surface area contributed by atoms with E-state index in [0.717, 1.165) is 25.7 Å². The molecule has 0 spiro atoms. The molecular formula is C13H27N3O2. The quantitative estimate of drug-likeness (QED) is 0.570. The van der Waals surface area contributed by atoms with Crippen molar-refractivity contribution in [3.8, 4) is 0 Å². The Balaban J connectivity index is 3.85. The molecule has 0 heterocycles. The van der Waals surface area contributed by atoms with Crippen LogP contribution in [0.4, 0.5) is 0 Å². The predicted octanol–water partition coefficient (Wildman–Crippen LogP) is 0.880. The first-order valence-corrected chi connectivity index (χ1v) is 6.90. The third-order valence-corrected chi connectivity index (χ3v) is 2.79. The number of amides is 2. The van der Waals surface area contributed by atoms with Crippen molar-refractivity contribution in [1.82, 2.24) is 10.2 Å². The highest BCUT2D eigenvalue weighted by molar-refractivity contribution is 5.84. The smallest absolute Gasteiger partial charge is 0.239 e. The molecule has 0 bridgehead atoms. The molecule has 0 aromatic rings. The molecule has 106 valence electrons. The van der Waals surface area contributed by atoms with Gasteiger partial charge in [0.2, 0.25) is 11.8 Å². The van der Waals surface area contributed by atoms with Crippen LogP contribution in [-0.2, 0) is 9.59 Å². The molecule has 0 aliphatic carbocycles. The fraction of sp³-hybridized carbons (Fsp3) is 0.846. The molecule has 0 fully saturated rings. The Kier molecular flexibility index (Phi) is 10.3. The van der Waals surface area contributed by atoms with Crippen LogP contribution in [0.15, 0.2) is 0 Å². The lowest BCUT2D eigenvalue weighted by molar-refractivity contribution is -0.135. The van der Waals surface area contributed by atoms with Gasteiger partial charge in [-0.05, 0) is 33.2 Å². The minimum atomic E-state index is -0.0872. The lowest BCUT2D eigenvalue weighted by Gasteiger charge is -2.20. The van der Waals surface area contributed by atoms with Gasteiger partial charge in [0, 0.05) is 19.5 Å². The zero-order valence-corrected chi connectivity index (χ0v) is 11.7. The average Bonchev–Trinajstić information content (AvgIpc) is 2.35. The maximum Gasteiger partial charge on any atom is 0.239 e. The Morgan fingerprint density at radius 1 is 1.11 bits per heavy atom. The number of rotatable bonds is 10. The number of nitrogens with zero attached hydrogens (tertiary/aromatic N) is 1. The molecule has 0 aliphatic rings. The van der Waals surface area contributed by atoms with Gasteiger partial charge in [-0.3, -0.25) is 9.59 Å². The van der Waals surface area contributed by atoms with Crippen molar-refractivity contribution in [1.29, 1.82) is 0 Å². The second-order valence-corrected chi connectivity index (χ2v) is 4.31. The third-order valence-electron chi connectivity index (χ3n) is 2.79. The van der Waals surface area contributed by atoms with Crippen molar-refractivity contribution in [3.63, 3.8) is 0 Å². The van der Waals surface area contributed by atoms with Crippen LogP contribution >= 0.6 is 0 Å². The molecule has 0 rings (SSSR count). The second-order valence-electron chi connectivity index (χ2n) is 4.31. The minimum absolute atomic E-state index is 0.0662. The van der Waals surface area contributed by atoms with Crippen LogP contribution < -0.4 is 11.1 Å². The van der Waals surface area contributed by atoms with Crippen LogP contribution in [0, 0.1) is 0 Å². The van der Waals surface area contributed by atoms with E-state index < -0.39 is 0 Å². The van der Waals surface area contributed by atoms with Gasteiger partial charge in [0.1, 0.15) is 0 Å². The Hall–Kier alpha value is -1.10. The highest BCUT2D eigenvalue weighted by atomic mass is 16.2. The molecule has 0 saturated heterocycles. The lowest BCUT2D eigenvalue weighted by Crippen LogP contribution is -2.40. The van der Waals surface area contributed by atoms with E-state index in [1.54, 1.807) is 4.90 Å². The summed E-state index contributed by atoms with van der Waals surface area (Å²) in [6, 6.07) is 0. The first-order valence-electron chi connectivity index (χ1n) is 6.90. The molecule has 18 heavy (non-hydrogen) atoms. The molecule has 0 radical (unpaired) electrons. The predicted molar refractivity (Wildman–Crippen MR) is 73.1 cm³/mol. The van der Waals surface area contributed by atoms with Gasteiger partial charge < -0.3 is 16.0 Å². The molecule has 0 saturated carbocycles. The van der Waals surface area contributed by atoms with Gasteiger partial charge in [-0.15, -0.1) is 0 Å². The van der Waals surface area contributed by atoms with Crippen molar-refractivity contribution >= 4 is 11.8 Å². The second kappa shape index (κ2) is 11.0. The Morgan fingerprint density at radius 3 is 2.33 bits per heavy atom. The first-order chi connectivity index (χ1) is 8.65. The van der Waals surface area contributed by atoms with E-state index in [-0.39, 0.29) is 18.4 Å². The third kappa shape index (κ3) is 8.06. The molecule has 0 aromatic heterocycles. The van der Waals surface area contributed by atoms with Gasteiger partial charge in [-0.1, -0.05) is 12.8 Å². The number of carbonyl (C=O) groups excluding carboxylic acids is 2. The fourth-order valence-electron chi connectivity index (χ4n) is 1.73. The van der Waals surface area contributed by atoms with Crippen LogP contribution in [0.25, 0.3) is 0 Å². The number of unbranched alkanes of at least 4 members (excludes halogenated alkanes) is 3. The standard InChI is InChI=1S/C13H27N3O2/c1-3-15-12(17)11-16(4-2)13(18)9-7-5-6-8-10-14/h3-11,14H2,1-2H3,(H,15,17). The van der Waals surface area contributed by atoms with Crippen molar-refractivity contribution in [2.45, 2.75) is 46.0 Å². The summed E-state index contributed by atoms with van der Waals surface area (Å²) in [7, 11) is 0. The monoisotopic (exact) mass is 257 g/mol. The van der Waals surface area contributed by atoms with Gasteiger partial charge in [0.25, 0.3) is 0 Å². The van der Waals surface area contributed by atoms with E-state index in [2.05, 4.69) is 5.32 Å². The zero-order valence-electron chi connectivity index (χ0n) is 11.7. The SMILES string of the molecule is CCNC(=O)CN(CC)C(=O)CCCCCCN. The molecule has 0 aromatic carbocycles. The largest absolute Gasteiger partial charge is 0.355 e. The number of hydrogen-bond acceptors (Lipinski definition) is 3. The summed E-state index contributed by atoms with van der Waals surface area (Å²) in [4.78, 5) is 24.9. The number of nitrogens with one attached hydrogen (secondary N) is 1. The molecule has 5 heteroatoms. The topological polar surface area (TPSA) is 75.4 Å². The highest BCUT2D eigenvalue weighted by Crippen LogP contribution is 2.05. The van der Waals surface area contributed by atoms with E-state index in [0.29, 0.717) is 26.1 Å². The minimum Gasteiger partial charge on any atom is -0.355 e. The van der Waals surface area contributed by atoms with Gasteiger partial charge in [0.05, 0.1) is 6.54 Å². The molecule has 0 aliphatic heterocycles. The summed E-state index contributed by atoms with van der Waals surface area (Å²) >= 11 is 0. The Morgan fingerprint density at radius 2 is 1.78 bits per heavy atom. The van der Waals surface area contributed by atoms with Gasteiger partial charge in [-0.2, -0.15) is 0 Å². The van der Waals surface area contributed by atoms with Gasteiger partial charge in [-0.25, -0.2) is 0 Å². The van der Waals surface area contributed by atoms with Crippen LogP contribution in [0.1, 0.15) is 46.0 Å². The summed E-state index contributed by atoms with van der Waals surface area (Å²) < 4.78 is 0. The molecule has 2 amide bonds. The van der Waals surface area contributed by atoms with Crippen LogP contribution in [0.3, 0.4) is 0 Å². The van der Waals surface area contributed by atoms with E-state index in [1.807, 2.05) is 13.8 Å². The van der Waals surface area contributed by atoms with E-state index in [9.17, 15) is 9.59 Å². The molecule has 0 unspecified atom stereocenters. The maximum atomic E-state index is 11.9. The lowest BCUT2D eigenvalue weighted by atomic mass is 10.1. The number of carbonyl (C=O) groups is 2. The van der Waals surface area contributed by atoms with Crippen LogP contribution in [-0.4, -0.2) is 42.9 Å². The van der Waals surface area contributed by atoms with Crippen molar-refractivity contribution in [3.05, 3.63) is 0 Å². The summed E-state index contributed by atoms with van der Waals surface area (Å²) in [6.45, 7) is 5.83. The van der Waals surface area contributed by atoms with Gasteiger partial charge in [0.15, 0.2) is 0 Å². The molecule has 5 nitrogen and oxygen atoms in total. The van der Waals surface area contributed by atoms with Crippen LogP contribution in [0.5, 0.6) is 0 Å². The normalized spacial score (nSPS) is 10.2. The number of likely N-dealkylation sites (N-methyl/N-ethyl adjacent to an activating group) is 2. The Labute approximate surface area is 110 Å². The molecule has 0 atom stereocenters. The van der Waals surface area contributed by atoms with Crippen molar-refractivity contribution < 1.29 is 9.59 Å². The summed E-state index contributed by atoms with van der Waals surface area (Å²) in [5, 5.41) is 2.70. The van der Waals surface area contributed by atoms with Crippen molar-refractivity contribution in [2.75, 3.05) is 26.2 Å². The average molecular weight is 257 g/mol. The Bertz CT molecular complexity index is 244.